The molecule has 2 aromatic rings. The van der Waals surface area contributed by atoms with Crippen LogP contribution in [0, 0.1) is 24.1 Å². The van der Waals surface area contributed by atoms with Crippen molar-refractivity contribution >= 4 is 29.3 Å². The lowest BCUT2D eigenvalue weighted by Gasteiger charge is -2.23. The highest BCUT2D eigenvalue weighted by molar-refractivity contribution is 6.09. The number of amides is 2. The molecule has 1 aliphatic heterocycles. The summed E-state index contributed by atoms with van der Waals surface area (Å²) in [5.74, 6) is -0.539. The Bertz CT molecular complexity index is 1260. The Morgan fingerprint density at radius 3 is 2.73 bits per heavy atom. The van der Waals surface area contributed by atoms with E-state index in [1.807, 2.05) is 6.92 Å². The predicted octanol–water partition coefficient (Wildman–Crippen LogP) is 4.25. The highest BCUT2D eigenvalue weighted by Gasteiger charge is 2.52. The molecule has 2 fully saturated rings. The number of aliphatic imine (C=N–C) groups is 1. The lowest BCUT2D eigenvalue weighted by atomic mass is 9.83. The minimum atomic E-state index is -2.60. The second-order valence-corrected chi connectivity index (χ2v) is 9.79. The van der Waals surface area contributed by atoms with Gasteiger partial charge in [0.1, 0.15) is 11.5 Å². The van der Waals surface area contributed by atoms with E-state index in [2.05, 4.69) is 15.3 Å². The van der Waals surface area contributed by atoms with Crippen LogP contribution in [0.4, 0.5) is 18.9 Å². The molecule has 4 rings (SSSR count). The number of aryl methyl sites for hydroxylation is 1. The number of carbonyl (C=O) groups excluding carboxylic acids is 2. The highest BCUT2D eigenvalue weighted by atomic mass is 19.3. The van der Waals surface area contributed by atoms with Crippen LogP contribution in [-0.4, -0.2) is 42.5 Å². The van der Waals surface area contributed by atoms with Crippen LogP contribution in [0.2, 0.25) is 0 Å². The number of anilines is 1. The van der Waals surface area contributed by atoms with E-state index in [-0.39, 0.29) is 29.1 Å². The summed E-state index contributed by atoms with van der Waals surface area (Å²) in [5.41, 5.74) is 7.67. The Labute approximate surface area is 213 Å². The van der Waals surface area contributed by atoms with Crippen molar-refractivity contribution in [1.29, 1.82) is 0 Å². The molecule has 196 valence electrons. The molecule has 10 heteroatoms. The van der Waals surface area contributed by atoms with Crippen LogP contribution in [0.1, 0.15) is 53.5 Å². The molecule has 1 atom stereocenters. The van der Waals surface area contributed by atoms with Crippen LogP contribution in [0.25, 0.3) is 5.57 Å². The molecular weight excluding hydrogens is 483 g/mol. The third-order valence-electron chi connectivity index (χ3n) is 6.95. The van der Waals surface area contributed by atoms with E-state index in [0.29, 0.717) is 35.0 Å². The molecule has 2 aliphatic rings. The average Bonchev–Trinajstić information content (AvgIpc) is 3.66. The van der Waals surface area contributed by atoms with Gasteiger partial charge in [-0.25, -0.2) is 18.2 Å². The Balaban J connectivity index is 1.47. The van der Waals surface area contributed by atoms with Gasteiger partial charge in [0, 0.05) is 42.5 Å². The van der Waals surface area contributed by atoms with Crippen LogP contribution in [0.3, 0.4) is 0 Å². The standard InChI is InChI=1S/C27H30F3N5O2/c1-16-7-22(35-6-5-27(2,26(35)37)20-3-4-20)11-23(34-16)25(36)33-13-17-8-18(10-21(28)9-17)19(12-31)14-32-15-24(29)30/h7-12,14,20,24H,3-6,13,15,31H2,1-2H3,(H,33,36)/t27-/m0/s1. The van der Waals surface area contributed by atoms with Gasteiger partial charge in [-0.2, -0.15) is 0 Å². The SMILES string of the molecule is Cc1cc(N2CC[C@@](C)(C3CC3)C2=O)cc(C(=O)NCc2cc(F)cc(C(C=NCC(F)F)=CN)c2)n1. The molecule has 1 aromatic heterocycles. The largest absolute Gasteiger partial charge is 0.404 e. The number of carbonyl (C=O) groups is 2. The van der Waals surface area contributed by atoms with E-state index in [0.717, 1.165) is 31.7 Å². The van der Waals surface area contributed by atoms with Crippen molar-refractivity contribution in [3.05, 3.63) is 64.9 Å². The Hall–Kier alpha value is -3.69. The summed E-state index contributed by atoms with van der Waals surface area (Å²) in [7, 11) is 0. The van der Waals surface area contributed by atoms with Gasteiger partial charge in [0.25, 0.3) is 12.3 Å². The molecule has 1 aliphatic carbocycles. The molecule has 7 nitrogen and oxygen atoms in total. The zero-order valence-corrected chi connectivity index (χ0v) is 20.8. The van der Waals surface area contributed by atoms with Crippen molar-refractivity contribution in [2.75, 3.05) is 18.0 Å². The Morgan fingerprint density at radius 1 is 1.30 bits per heavy atom. The molecule has 0 spiro atoms. The lowest BCUT2D eigenvalue weighted by Crippen LogP contribution is -2.34. The van der Waals surface area contributed by atoms with E-state index in [1.54, 1.807) is 30.0 Å². The number of nitrogens with zero attached hydrogens (tertiary/aromatic N) is 3. The number of alkyl halides is 2. The van der Waals surface area contributed by atoms with E-state index in [1.165, 1.54) is 12.1 Å². The lowest BCUT2D eigenvalue weighted by molar-refractivity contribution is -0.125. The number of hydrogen-bond acceptors (Lipinski definition) is 5. The summed E-state index contributed by atoms with van der Waals surface area (Å²) in [5, 5.41) is 2.73. The van der Waals surface area contributed by atoms with Gasteiger partial charge >= 0.3 is 0 Å². The zero-order valence-electron chi connectivity index (χ0n) is 20.8. The maximum Gasteiger partial charge on any atom is 0.270 e. The molecular formula is C27H30F3N5O2. The first-order valence-electron chi connectivity index (χ1n) is 12.2. The molecule has 1 saturated heterocycles. The summed E-state index contributed by atoms with van der Waals surface area (Å²) < 4.78 is 39.0. The van der Waals surface area contributed by atoms with Crippen molar-refractivity contribution < 1.29 is 22.8 Å². The minimum absolute atomic E-state index is 0.0109. The van der Waals surface area contributed by atoms with Crippen molar-refractivity contribution in [3.8, 4) is 0 Å². The zero-order chi connectivity index (χ0) is 26.7. The number of benzene rings is 1. The van der Waals surface area contributed by atoms with Gasteiger partial charge in [-0.15, -0.1) is 0 Å². The third-order valence-corrected chi connectivity index (χ3v) is 6.95. The first-order valence-corrected chi connectivity index (χ1v) is 12.2. The number of halogens is 3. The van der Waals surface area contributed by atoms with Crippen LogP contribution in [0.5, 0.6) is 0 Å². The molecule has 3 N–H and O–H groups in total. The summed E-state index contributed by atoms with van der Waals surface area (Å²) in [6.45, 7) is 3.68. The fourth-order valence-corrected chi connectivity index (χ4v) is 4.77. The Kier molecular flexibility index (Phi) is 7.65. The quantitative estimate of drug-likeness (QED) is 0.490. The topological polar surface area (TPSA) is 101 Å². The number of hydrogen-bond donors (Lipinski definition) is 2. The Morgan fingerprint density at radius 2 is 2.05 bits per heavy atom. The predicted molar refractivity (Wildman–Crippen MR) is 136 cm³/mol. The summed E-state index contributed by atoms with van der Waals surface area (Å²) >= 11 is 0. The number of pyridine rings is 1. The van der Waals surface area contributed by atoms with E-state index >= 15 is 0 Å². The molecule has 1 aromatic carbocycles. The molecule has 2 amide bonds. The van der Waals surface area contributed by atoms with Crippen molar-refractivity contribution in [2.45, 2.75) is 46.1 Å². The second-order valence-electron chi connectivity index (χ2n) is 9.79. The minimum Gasteiger partial charge on any atom is -0.404 e. The van der Waals surface area contributed by atoms with Gasteiger partial charge in [0.05, 0.1) is 12.0 Å². The number of nitrogens with two attached hydrogens (primary N) is 1. The number of nitrogens with one attached hydrogen (secondary N) is 1. The summed E-state index contributed by atoms with van der Waals surface area (Å²) in [6, 6.07) is 7.44. The molecule has 1 saturated carbocycles. The van der Waals surface area contributed by atoms with E-state index < -0.39 is 24.7 Å². The summed E-state index contributed by atoms with van der Waals surface area (Å²) in [4.78, 5) is 35.8. The van der Waals surface area contributed by atoms with E-state index in [4.69, 9.17) is 5.73 Å². The van der Waals surface area contributed by atoms with Crippen molar-refractivity contribution in [3.63, 3.8) is 0 Å². The van der Waals surface area contributed by atoms with E-state index in [9.17, 15) is 22.8 Å². The van der Waals surface area contributed by atoms with Crippen molar-refractivity contribution in [2.24, 2.45) is 22.1 Å². The highest BCUT2D eigenvalue weighted by Crippen LogP contribution is 2.51. The monoisotopic (exact) mass is 513 g/mol. The van der Waals surface area contributed by atoms with Gasteiger partial charge < -0.3 is 16.0 Å². The fourth-order valence-electron chi connectivity index (χ4n) is 4.77. The second kappa shape index (κ2) is 10.7. The molecule has 0 unspecified atom stereocenters. The van der Waals surface area contributed by atoms with Crippen LogP contribution < -0.4 is 16.0 Å². The average molecular weight is 514 g/mol. The van der Waals surface area contributed by atoms with Gasteiger partial charge in [0.15, 0.2) is 0 Å². The number of rotatable bonds is 9. The van der Waals surface area contributed by atoms with Crippen LogP contribution in [0.15, 0.2) is 41.5 Å². The fraction of sp³-hybridized carbons (Fsp3) is 0.407. The van der Waals surface area contributed by atoms with Crippen LogP contribution >= 0.6 is 0 Å². The maximum atomic E-state index is 14.3. The molecule has 0 radical (unpaired) electrons. The third kappa shape index (κ3) is 6.00. The van der Waals surface area contributed by atoms with Crippen LogP contribution in [-0.2, 0) is 11.3 Å². The first kappa shape index (κ1) is 26.4. The van der Waals surface area contributed by atoms with Crippen molar-refractivity contribution in [1.82, 2.24) is 10.3 Å². The number of allylic oxidation sites excluding steroid dienone is 1. The van der Waals surface area contributed by atoms with Gasteiger partial charge in [-0.1, -0.05) is 6.92 Å². The first-order chi connectivity index (χ1) is 17.6. The molecule has 0 bridgehead atoms. The normalized spacial score (nSPS) is 20.3. The smallest absolute Gasteiger partial charge is 0.270 e. The van der Waals surface area contributed by atoms with Gasteiger partial charge in [-0.05, 0) is 73.6 Å². The molecule has 2 heterocycles. The maximum absolute atomic E-state index is 14.3. The molecule has 37 heavy (non-hydrogen) atoms. The van der Waals surface area contributed by atoms with Gasteiger partial charge in [0.2, 0.25) is 5.91 Å². The summed E-state index contributed by atoms with van der Waals surface area (Å²) in [6.07, 6.45) is 2.65. The van der Waals surface area contributed by atoms with Gasteiger partial charge in [-0.3, -0.25) is 14.6 Å². The number of aromatic nitrogens is 1.